The van der Waals surface area contributed by atoms with Crippen molar-refractivity contribution in [2.45, 2.75) is 45.1 Å². The topological polar surface area (TPSA) is 26.3 Å². The number of ether oxygens (including phenoxy) is 1. The first kappa shape index (κ1) is 15.1. The highest BCUT2D eigenvalue weighted by Crippen LogP contribution is 2.40. The Balaban J connectivity index is 1.79. The van der Waals surface area contributed by atoms with Crippen molar-refractivity contribution in [1.29, 1.82) is 0 Å². The monoisotopic (exact) mass is 304 g/mol. The van der Waals surface area contributed by atoms with Crippen LogP contribution in [0.1, 0.15) is 47.2 Å². The number of Topliss-reactive ketones (excluding diaryl/α,β-unsaturated/α-hetero) is 1. The van der Waals surface area contributed by atoms with E-state index in [1.807, 2.05) is 18.7 Å². The number of hydrogen-bond donors (Lipinski definition) is 0. The fourth-order valence-electron chi connectivity index (χ4n) is 3.56. The normalized spacial score (nSPS) is 25.0. The molecule has 2 saturated heterocycles. The van der Waals surface area contributed by atoms with Gasteiger partial charge in [0.15, 0.2) is 5.78 Å². The summed E-state index contributed by atoms with van der Waals surface area (Å²) in [4.78, 5) is 12.9. The van der Waals surface area contributed by atoms with Crippen molar-refractivity contribution in [3.05, 3.63) is 34.9 Å². The molecule has 21 heavy (non-hydrogen) atoms. The molecular formula is C18H24O2S. The van der Waals surface area contributed by atoms with E-state index in [1.165, 1.54) is 17.1 Å². The maximum Gasteiger partial charge on any atom is 0.166 e. The van der Waals surface area contributed by atoms with Crippen molar-refractivity contribution in [3.8, 4) is 0 Å². The first-order valence-electron chi connectivity index (χ1n) is 7.93. The molecule has 0 bridgehead atoms. The molecule has 1 spiro atoms. The molecule has 3 heteroatoms. The standard InChI is InChI=1S/C18H24O2S/c1-13-3-4-14(2)16(11-13)17(19)15-5-8-20-18(12-15)6-9-21-10-7-18/h3-4,11,15H,5-10,12H2,1-2H3. The fraction of sp³-hybridized carbons (Fsp3) is 0.611. The van der Waals surface area contributed by atoms with Gasteiger partial charge in [0.2, 0.25) is 0 Å². The average Bonchev–Trinajstić information content (AvgIpc) is 2.50. The highest BCUT2D eigenvalue weighted by Gasteiger charge is 2.41. The summed E-state index contributed by atoms with van der Waals surface area (Å²) in [6.45, 7) is 4.84. The van der Waals surface area contributed by atoms with Crippen LogP contribution in [0, 0.1) is 19.8 Å². The zero-order valence-electron chi connectivity index (χ0n) is 13.0. The van der Waals surface area contributed by atoms with Gasteiger partial charge in [-0.3, -0.25) is 4.79 Å². The van der Waals surface area contributed by atoms with Crippen molar-refractivity contribution in [1.82, 2.24) is 0 Å². The van der Waals surface area contributed by atoms with Crippen LogP contribution in [-0.2, 0) is 4.74 Å². The number of benzene rings is 1. The van der Waals surface area contributed by atoms with Crippen molar-refractivity contribution in [2.24, 2.45) is 5.92 Å². The molecule has 0 saturated carbocycles. The molecule has 0 radical (unpaired) electrons. The molecule has 1 aromatic rings. The van der Waals surface area contributed by atoms with Gasteiger partial charge in [0.05, 0.1) is 5.60 Å². The summed E-state index contributed by atoms with van der Waals surface area (Å²) >= 11 is 2.01. The molecule has 0 aromatic heterocycles. The Bertz CT molecular complexity index is 527. The quantitative estimate of drug-likeness (QED) is 0.767. The maximum absolute atomic E-state index is 12.9. The lowest BCUT2D eigenvalue weighted by molar-refractivity contribution is -0.0959. The van der Waals surface area contributed by atoms with E-state index in [0.29, 0.717) is 5.78 Å². The lowest BCUT2D eigenvalue weighted by atomic mass is 9.78. The molecule has 1 unspecified atom stereocenters. The van der Waals surface area contributed by atoms with Crippen LogP contribution in [0.3, 0.4) is 0 Å². The number of aryl methyl sites for hydroxylation is 2. The predicted molar refractivity (Wildman–Crippen MR) is 88.2 cm³/mol. The maximum atomic E-state index is 12.9. The van der Waals surface area contributed by atoms with Crippen LogP contribution in [0.25, 0.3) is 0 Å². The van der Waals surface area contributed by atoms with Crippen LogP contribution in [0.15, 0.2) is 18.2 Å². The number of thioether (sulfide) groups is 1. The minimum absolute atomic E-state index is 0.0123. The minimum Gasteiger partial charge on any atom is -0.375 e. The molecule has 2 aliphatic rings. The zero-order chi connectivity index (χ0) is 14.9. The van der Waals surface area contributed by atoms with E-state index < -0.39 is 0 Å². The van der Waals surface area contributed by atoms with Gasteiger partial charge >= 0.3 is 0 Å². The van der Waals surface area contributed by atoms with E-state index in [9.17, 15) is 4.79 Å². The third-order valence-corrected chi connectivity index (χ3v) is 5.91. The predicted octanol–water partition coefficient (Wildman–Crippen LogP) is 4.18. The van der Waals surface area contributed by atoms with Gasteiger partial charge in [0, 0.05) is 18.1 Å². The first-order valence-corrected chi connectivity index (χ1v) is 9.08. The summed E-state index contributed by atoms with van der Waals surface area (Å²) in [5.41, 5.74) is 3.18. The highest BCUT2D eigenvalue weighted by molar-refractivity contribution is 7.99. The largest absolute Gasteiger partial charge is 0.375 e. The Morgan fingerprint density at radius 1 is 1.29 bits per heavy atom. The van der Waals surface area contributed by atoms with E-state index in [1.54, 1.807) is 0 Å². The molecule has 2 nitrogen and oxygen atoms in total. The Hall–Kier alpha value is -0.800. The zero-order valence-corrected chi connectivity index (χ0v) is 13.8. The van der Waals surface area contributed by atoms with Gasteiger partial charge in [-0.1, -0.05) is 17.7 Å². The molecule has 1 aromatic carbocycles. The Morgan fingerprint density at radius 2 is 2.05 bits per heavy atom. The van der Waals surface area contributed by atoms with E-state index in [-0.39, 0.29) is 11.5 Å². The van der Waals surface area contributed by atoms with E-state index in [4.69, 9.17) is 4.74 Å². The number of carbonyl (C=O) groups is 1. The van der Waals surface area contributed by atoms with E-state index in [0.717, 1.165) is 43.4 Å². The van der Waals surface area contributed by atoms with Gasteiger partial charge in [-0.05, 0) is 62.7 Å². The average molecular weight is 304 g/mol. The molecule has 1 atom stereocenters. The van der Waals surface area contributed by atoms with Crippen LogP contribution < -0.4 is 0 Å². The van der Waals surface area contributed by atoms with E-state index in [2.05, 4.69) is 25.1 Å². The third kappa shape index (κ3) is 3.19. The smallest absolute Gasteiger partial charge is 0.166 e. The lowest BCUT2D eigenvalue weighted by Gasteiger charge is -2.43. The summed E-state index contributed by atoms with van der Waals surface area (Å²) < 4.78 is 6.11. The molecular weight excluding hydrogens is 280 g/mol. The minimum atomic E-state index is -0.0123. The summed E-state index contributed by atoms with van der Waals surface area (Å²) in [7, 11) is 0. The van der Waals surface area contributed by atoms with Crippen LogP contribution in [0.4, 0.5) is 0 Å². The Kier molecular flexibility index (Phi) is 4.41. The third-order valence-electron chi connectivity index (χ3n) is 4.93. The van der Waals surface area contributed by atoms with Crippen LogP contribution >= 0.6 is 11.8 Å². The molecule has 3 rings (SSSR count). The molecule has 0 N–H and O–H groups in total. The number of ketones is 1. The fourth-order valence-corrected chi connectivity index (χ4v) is 4.80. The van der Waals surface area contributed by atoms with E-state index >= 15 is 0 Å². The number of hydrogen-bond acceptors (Lipinski definition) is 3. The second-order valence-electron chi connectivity index (χ2n) is 6.52. The second-order valence-corrected chi connectivity index (χ2v) is 7.74. The van der Waals surface area contributed by atoms with Gasteiger partial charge in [-0.25, -0.2) is 0 Å². The van der Waals surface area contributed by atoms with Crippen molar-refractivity contribution < 1.29 is 9.53 Å². The molecule has 2 aliphatic heterocycles. The SMILES string of the molecule is Cc1ccc(C)c(C(=O)C2CCOC3(CCSCC3)C2)c1. The van der Waals surface area contributed by atoms with Crippen molar-refractivity contribution >= 4 is 17.5 Å². The summed E-state index contributed by atoms with van der Waals surface area (Å²) in [5, 5.41) is 0. The lowest BCUT2D eigenvalue weighted by Crippen LogP contribution is -2.44. The van der Waals surface area contributed by atoms with Crippen LogP contribution in [0.2, 0.25) is 0 Å². The Labute approximate surface area is 131 Å². The summed E-state index contributed by atoms with van der Waals surface area (Å²) in [5.74, 6) is 2.81. The molecule has 2 heterocycles. The molecule has 0 amide bonds. The second kappa shape index (κ2) is 6.13. The van der Waals surface area contributed by atoms with Gasteiger partial charge < -0.3 is 4.74 Å². The molecule has 0 aliphatic carbocycles. The van der Waals surface area contributed by atoms with Crippen molar-refractivity contribution in [3.63, 3.8) is 0 Å². The van der Waals surface area contributed by atoms with Crippen LogP contribution in [0.5, 0.6) is 0 Å². The van der Waals surface area contributed by atoms with Crippen LogP contribution in [-0.4, -0.2) is 29.5 Å². The Morgan fingerprint density at radius 3 is 2.81 bits per heavy atom. The van der Waals surface area contributed by atoms with Gasteiger partial charge in [0.1, 0.15) is 0 Å². The highest BCUT2D eigenvalue weighted by atomic mass is 32.2. The summed E-state index contributed by atoms with van der Waals surface area (Å²) in [6.07, 6.45) is 4.00. The number of rotatable bonds is 2. The van der Waals surface area contributed by atoms with Gasteiger partial charge in [-0.15, -0.1) is 0 Å². The first-order chi connectivity index (χ1) is 10.1. The number of carbonyl (C=O) groups excluding carboxylic acids is 1. The van der Waals surface area contributed by atoms with Gasteiger partial charge in [0.25, 0.3) is 0 Å². The molecule has 114 valence electrons. The summed E-state index contributed by atoms with van der Waals surface area (Å²) in [6, 6.07) is 6.20. The molecule has 2 fully saturated rings. The van der Waals surface area contributed by atoms with Gasteiger partial charge in [-0.2, -0.15) is 11.8 Å². The van der Waals surface area contributed by atoms with Crippen molar-refractivity contribution in [2.75, 3.05) is 18.1 Å².